The van der Waals surface area contributed by atoms with Gasteiger partial charge in [-0.15, -0.1) is 0 Å². The first-order valence-electron chi connectivity index (χ1n) is 14.3. The minimum absolute atomic E-state index is 0.0230. The number of amides is 1. The Morgan fingerprint density at radius 1 is 1.00 bits per heavy atom. The lowest BCUT2D eigenvalue weighted by Crippen LogP contribution is -2.33. The van der Waals surface area contributed by atoms with E-state index >= 15 is 0 Å². The van der Waals surface area contributed by atoms with Crippen molar-refractivity contribution in [2.45, 2.75) is 66.5 Å². The van der Waals surface area contributed by atoms with Gasteiger partial charge < -0.3 is 20.1 Å². The van der Waals surface area contributed by atoms with Crippen molar-refractivity contribution < 1.29 is 4.79 Å². The molecule has 3 heterocycles. The third-order valence-electron chi connectivity index (χ3n) is 8.10. The molecule has 2 N–H and O–H groups in total. The zero-order chi connectivity index (χ0) is 29.3. The molecule has 0 saturated carbocycles. The van der Waals surface area contributed by atoms with Gasteiger partial charge in [0, 0.05) is 36.2 Å². The first-order valence-corrected chi connectivity index (χ1v) is 14.7. The molecule has 0 bridgehead atoms. The van der Waals surface area contributed by atoms with Crippen LogP contribution >= 0.6 is 12.2 Å². The second-order valence-corrected chi connectivity index (χ2v) is 11.4. The Kier molecular flexibility index (Phi) is 8.27. The molecule has 1 amide bonds. The molecule has 2 aromatic carbocycles. The number of hydrogen-bond donors (Lipinski definition) is 2. The molecule has 212 valence electrons. The van der Waals surface area contributed by atoms with Crippen LogP contribution in [0.5, 0.6) is 0 Å². The number of carbonyl (C=O) groups excluding carboxylic acids is 1. The maximum atomic E-state index is 13.1. The fourth-order valence-electron chi connectivity index (χ4n) is 6.33. The molecule has 2 atom stereocenters. The predicted octanol–water partition coefficient (Wildman–Crippen LogP) is 6.98. The van der Waals surface area contributed by atoms with Gasteiger partial charge in [0.05, 0.1) is 23.5 Å². The topological polar surface area (TPSA) is 62.2 Å². The van der Waals surface area contributed by atoms with E-state index in [1.54, 1.807) is 0 Å². The summed E-state index contributed by atoms with van der Waals surface area (Å²) in [6.07, 6.45) is 3.00. The fraction of sp³-hybridized carbons (Fsp3) is 0.324. The zero-order valence-corrected chi connectivity index (χ0v) is 25.6. The highest BCUT2D eigenvalue weighted by Gasteiger charge is 2.41. The molecule has 0 unspecified atom stereocenters. The molecule has 0 spiro atoms. The van der Waals surface area contributed by atoms with Crippen LogP contribution in [-0.4, -0.2) is 32.0 Å². The molecule has 5 rings (SSSR count). The maximum Gasteiger partial charge on any atom is 0.226 e. The first-order chi connectivity index (χ1) is 19.7. The van der Waals surface area contributed by atoms with E-state index in [4.69, 9.17) is 17.2 Å². The number of rotatable bonds is 8. The standard InChI is InChI=1S/C34H39N5OS/c1-7-26-12-8-9-13-28(26)36-30(40)15-17-38-33(31(37-34(38)41)29-14-10-11-16-35-29)27-20-24(5)39(25(27)6)32-22(3)18-21(2)19-23(32)4/h8-14,16,18-20,31,33H,7,15,17H2,1-6H3,(H,36,40)(H,37,41)/t31-,33+/m0/s1. The van der Waals surface area contributed by atoms with Crippen molar-refractivity contribution >= 4 is 28.9 Å². The summed E-state index contributed by atoms with van der Waals surface area (Å²) in [6.45, 7) is 13.4. The molecule has 0 radical (unpaired) electrons. The van der Waals surface area contributed by atoms with Crippen LogP contribution in [0.3, 0.4) is 0 Å². The lowest BCUT2D eigenvalue weighted by atomic mass is 9.96. The monoisotopic (exact) mass is 565 g/mol. The van der Waals surface area contributed by atoms with Crippen LogP contribution in [0, 0.1) is 34.6 Å². The van der Waals surface area contributed by atoms with Crippen LogP contribution in [-0.2, 0) is 11.2 Å². The van der Waals surface area contributed by atoms with E-state index in [-0.39, 0.29) is 18.0 Å². The molecule has 4 aromatic rings. The zero-order valence-electron chi connectivity index (χ0n) is 24.8. The van der Waals surface area contributed by atoms with E-state index in [1.165, 1.54) is 39.3 Å². The van der Waals surface area contributed by atoms with Crippen LogP contribution in [0.1, 0.15) is 70.3 Å². The predicted molar refractivity (Wildman–Crippen MR) is 171 cm³/mol. The molecule has 1 fully saturated rings. The number of aromatic nitrogens is 2. The number of pyridine rings is 1. The highest BCUT2D eigenvalue weighted by atomic mass is 32.1. The molecule has 0 aliphatic carbocycles. The van der Waals surface area contributed by atoms with Gasteiger partial charge in [0.15, 0.2) is 5.11 Å². The minimum Gasteiger partial charge on any atom is -0.352 e. The number of carbonyl (C=O) groups is 1. The smallest absolute Gasteiger partial charge is 0.226 e. The SMILES string of the molecule is CCc1ccccc1NC(=O)CCN1C(=S)N[C@@H](c2ccccn2)[C@H]1c1cc(C)n(-c2c(C)cc(C)cc2C)c1C. The van der Waals surface area contributed by atoms with Crippen molar-refractivity contribution in [2.75, 3.05) is 11.9 Å². The molecular formula is C34H39N5OS. The highest BCUT2D eigenvalue weighted by Crippen LogP contribution is 2.42. The largest absolute Gasteiger partial charge is 0.352 e. The van der Waals surface area contributed by atoms with Crippen molar-refractivity contribution in [1.29, 1.82) is 0 Å². The summed E-state index contributed by atoms with van der Waals surface area (Å²) in [5, 5.41) is 7.29. The quantitative estimate of drug-likeness (QED) is 0.226. The average molecular weight is 566 g/mol. The molecule has 6 nitrogen and oxygen atoms in total. The summed E-state index contributed by atoms with van der Waals surface area (Å²) in [7, 11) is 0. The van der Waals surface area contributed by atoms with Crippen molar-refractivity contribution in [3.05, 3.63) is 112 Å². The lowest BCUT2D eigenvalue weighted by molar-refractivity contribution is -0.116. The van der Waals surface area contributed by atoms with E-state index in [0.29, 0.717) is 18.1 Å². The molecule has 1 aliphatic heterocycles. The minimum atomic E-state index is -0.137. The summed E-state index contributed by atoms with van der Waals surface area (Å²) in [4.78, 5) is 20.0. The third-order valence-corrected chi connectivity index (χ3v) is 8.45. The summed E-state index contributed by atoms with van der Waals surface area (Å²) in [5.74, 6) is -0.0230. The number of para-hydroxylation sites is 1. The maximum absolute atomic E-state index is 13.1. The van der Waals surface area contributed by atoms with Crippen LogP contribution < -0.4 is 10.6 Å². The van der Waals surface area contributed by atoms with Crippen molar-refractivity contribution in [3.8, 4) is 5.69 Å². The second kappa shape index (κ2) is 11.9. The van der Waals surface area contributed by atoms with E-state index in [0.717, 1.165) is 23.4 Å². The van der Waals surface area contributed by atoms with Gasteiger partial charge in [-0.2, -0.15) is 0 Å². The lowest BCUT2D eigenvalue weighted by Gasteiger charge is -2.28. The summed E-state index contributed by atoms with van der Waals surface area (Å²) < 4.78 is 2.36. The van der Waals surface area contributed by atoms with Gasteiger partial charge in [-0.25, -0.2) is 0 Å². The van der Waals surface area contributed by atoms with Gasteiger partial charge in [0.1, 0.15) is 0 Å². The van der Waals surface area contributed by atoms with Gasteiger partial charge in [0.25, 0.3) is 0 Å². The Balaban J connectivity index is 1.50. The Morgan fingerprint density at radius 2 is 1.71 bits per heavy atom. The van der Waals surface area contributed by atoms with Crippen molar-refractivity contribution in [1.82, 2.24) is 19.8 Å². The summed E-state index contributed by atoms with van der Waals surface area (Å²) in [5.41, 5.74) is 11.4. The Morgan fingerprint density at radius 3 is 2.39 bits per heavy atom. The summed E-state index contributed by atoms with van der Waals surface area (Å²) >= 11 is 5.90. The third kappa shape index (κ3) is 5.64. The number of hydrogen-bond acceptors (Lipinski definition) is 3. The van der Waals surface area contributed by atoms with Crippen LogP contribution in [0.15, 0.2) is 66.9 Å². The van der Waals surface area contributed by atoms with E-state index in [2.05, 4.69) is 85.9 Å². The number of nitrogens with zero attached hydrogens (tertiary/aromatic N) is 3. The fourth-order valence-corrected chi connectivity index (χ4v) is 6.66. The molecular weight excluding hydrogens is 526 g/mol. The van der Waals surface area contributed by atoms with E-state index in [1.807, 2.05) is 42.6 Å². The van der Waals surface area contributed by atoms with E-state index in [9.17, 15) is 4.79 Å². The van der Waals surface area contributed by atoms with Gasteiger partial charge >= 0.3 is 0 Å². The average Bonchev–Trinajstić information content (AvgIpc) is 3.42. The summed E-state index contributed by atoms with van der Waals surface area (Å²) in [6, 6.07) is 20.4. The Bertz CT molecular complexity index is 1570. The Hall–Kier alpha value is -3.97. The highest BCUT2D eigenvalue weighted by molar-refractivity contribution is 7.80. The van der Waals surface area contributed by atoms with Gasteiger partial charge in [0.2, 0.25) is 5.91 Å². The van der Waals surface area contributed by atoms with Gasteiger partial charge in [-0.05, 0) is 99.8 Å². The number of nitrogens with one attached hydrogen (secondary N) is 2. The van der Waals surface area contributed by atoms with Crippen LogP contribution in [0.2, 0.25) is 0 Å². The normalized spacial score (nSPS) is 16.6. The van der Waals surface area contributed by atoms with Crippen LogP contribution in [0.4, 0.5) is 5.69 Å². The van der Waals surface area contributed by atoms with Crippen LogP contribution in [0.25, 0.3) is 5.69 Å². The molecule has 41 heavy (non-hydrogen) atoms. The van der Waals surface area contributed by atoms with Gasteiger partial charge in [-0.1, -0.05) is 48.9 Å². The number of thiocarbonyl (C=S) groups is 1. The van der Waals surface area contributed by atoms with E-state index < -0.39 is 0 Å². The second-order valence-electron chi connectivity index (χ2n) is 11.0. The van der Waals surface area contributed by atoms with Gasteiger partial charge in [-0.3, -0.25) is 9.78 Å². The molecule has 7 heteroatoms. The number of benzene rings is 2. The molecule has 2 aromatic heterocycles. The molecule has 1 aliphatic rings. The van der Waals surface area contributed by atoms with Crippen molar-refractivity contribution in [3.63, 3.8) is 0 Å². The number of aryl methyl sites for hydroxylation is 5. The first kappa shape index (κ1) is 28.6. The number of anilines is 1. The Labute approximate surface area is 248 Å². The molecule has 1 saturated heterocycles. The van der Waals surface area contributed by atoms with Crippen molar-refractivity contribution in [2.24, 2.45) is 0 Å².